The van der Waals surface area contributed by atoms with E-state index in [0.717, 1.165) is 45.4 Å². The third kappa shape index (κ3) is 2.73. The Kier molecular flexibility index (Phi) is 3.79. The number of amides is 1. The molecule has 0 bridgehead atoms. The Balaban J connectivity index is 1.74. The number of fused-ring (bicyclic) bond motifs is 1. The molecular formula is C17H23NO2. The van der Waals surface area contributed by atoms with Crippen LogP contribution in [0.5, 0.6) is 0 Å². The SMILES string of the molecule is C[C@@]12C[C@@H]1OCCCCCN(Cc1ccccc1)C2=O. The molecule has 1 aliphatic heterocycles. The van der Waals surface area contributed by atoms with Crippen molar-refractivity contribution in [2.75, 3.05) is 13.2 Å². The Morgan fingerprint density at radius 3 is 2.85 bits per heavy atom. The first-order chi connectivity index (χ1) is 9.70. The quantitative estimate of drug-likeness (QED) is 0.829. The van der Waals surface area contributed by atoms with E-state index in [1.807, 2.05) is 23.1 Å². The van der Waals surface area contributed by atoms with Crippen molar-refractivity contribution in [1.82, 2.24) is 4.90 Å². The van der Waals surface area contributed by atoms with Gasteiger partial charge in [0.15, 0.2) is 0 Å². The zero-order valence-corrected chi connectivity index (χ0v) is 12.2. The molecule has 1 aromatic rings. The van der Waals surface area contributed by atoms with Crippen LogP contribution >= 0.6 is 0 Å². The van der Waals surface area contributed by atoms with E-state index < -0.39 is 0 Å². The molecule has 0 N–H and O–H groups in total. The zero-order valence-electron chi connectivity index (χ0n) is 12.2. The van der Waals surface area contributed by atoms with Gasteiger partial charge < -0.3 is 9.64 Å². The summed E-state index contributed by atoms with van der Waals surface area (Å²) in [6.07, 6.45) is 4.35. The molecule has 108 valence electrons. The minimum absolute atomic E-state index is 0.145. The molecule has 2 aliphatic rings. The van der Waals surface area contributed by atoms with Crippen molar-refractivity contribution in [2.24, 2.45) is 5.41 Å². The smallest absolute Gasteiger partial charge is 0.231 e. The minimum atomic E-state index is -0.272. The molecule has 0 unspecified atom stereocenters. The van der Waals surface area contributed by atoms with Gasteiger partial charge in [0.1, 0.15) is 0 Å². The number of benzene rings is 1. The molecule has 1 heterocycles. The van der Waals surface area contributed by atoms with Crippen LogP contribution in [-0.4, -0.2) is 30.1 Å². The fourth-order valence-corrected chi connectivity index (χ4v) is 3.02. The van der Waals surface area contributed by atoms with Crippen molar-refractivity contribution in [2.45, 2.75) is 45.3 Å². The van der Waals surface area contributed by atoms with E-state index in [0.29, 0.717) is 0 Å². The summed E-state index contributed by atoms with van der Waals surface area (Å²) in [6.45, 7) is 4.46. The second kappa shape index (κ2) is 5.57. The predicted molar refractivity (Wildman–Crippen MR) is 78.2 cm³/mol. The summed E-state index contributed by atoms with van der Waals surface area (Å²) in [5, 5.41) is 0. The van der Waals surface area contributed by atoms with Gasteiger partial charge in [-0.05, 0) is 38.2 Å². The fraction of sp³-hybridized carbons (Fsp3) is 0.588. The Morgan fingerprint density at radius 2 is 2.05 bits per heavy atom. The number of rotatable bonds is 2. The van der Waals surface area contributed by atoms with Crippen LogP contribution in [0.25, 0.3) is 0 Å². The maximum absolute atomic E-state index is 12.8. The highest BCUT2D eigenvalue weighted by atomic mass is 16.5. The highest BCUT2D eigenvalue weighted by molar-refractivity contribution is 5.86. The third-order valence-corrected chi connectivity index (χ3v) is 4.54. The van der Waals surface area contributed by atoms with Crippen LogP contribution < -0.4 is 0 Å². The number of hydrogen-bond acceptors (Lipinski definition) is 2. The molecule has 1 amide bonds. The van der Waals surface area contributed by atoms with E-state index in [1.54, 1.807) is 0 Å². The Morgan fingerprint density at radius 1 is 1.25 bits per heavy atom. The summed E-state index contributed by atoms with van der Waals surface area (Å²) in [5.41, 5.74) is 0.936. The second-order valence-electron chi connectivity index (χ2n) is 6.25. The van der Waals surface area contributed by atoms with Gasteiger partial charge in [0.05, 0.1) is 11.5 Å². The number of hydrogen-bond donors (Lipinski definition) is 0. The van der Waals surface area contributed by atoms with Gasteiger partial charge in [-0.1, -0.05) is 30.3 Å². The maximum Gasteiger partial charge on any atom is 0.231 e. The topological polar surface area (TPSA) is 29.5 Å². The molecule has 0 radical (unpaired) electrons. The van der Waals surface area contributed by atoms with Crippen LogP contribution in [-0.2, 0) is 16.1 Å². The lowest BCUT2D eigenvalue weighted by atomic mass is 10.1. The average molecular weight is 273 g/mol. The summed E-state index contributed by atoms with van der Waals surface area (Å²) in [6, 6.07) is 10.3. The van der Waals surface area contributed by atoms with E-state index in [4.69, 9.17) is 4.74 Å². The molecule has 1 aliphatic carbocycles. The van der Waals surface area contributed by atoms with Crippen LogP contribution in [0.15, 0.2) is 30.3 Å². The lowest BCUT2D eigenvalue weighted by Crippen LogP contribution is -2.38. The van der Waals surface area contributed by atoms with Gasteiger partial charge in [-0.15, -0.1) is 0 Å². The van der Waals surface area contributed by atoms with Crippen LogP contribution in [0, 0.1) is 5.41 Å². The number of carbonyl (C=O) groups excluding carboxylic acids is 1. The van der Waals surface area contributed by atoms with Crippen molar-refractivity contribution >= 4 is 5.91 Å². The average Bonchev–Trinajstić information content (AvgIpc) is 3.13. The van der Waals surface area contributed by atoms with Crippen molar-refractivity contribution in [3.05, 3.63) is 35.9 Å². The number of ether oxygens (including phenoxy) is 1. The monoisotopic (exact) mass is 273 g/mol. The molecule has 20 heavy (non-hydrogen) atoms. The van der Waals surface area contributed by atoms with Gasteiger partial charge in [0.25, 0.3) is 0 Å². The lowest BCUT2D eigenvalue weighted by Gasteiger charge is -2.27. The van der Waals surface area contributed by atoms with Crippen molar-refractivity contribution in [3.63, 3.8) is 0 Å². The second-order valence-corrected chi connectivity index (χ2v) is 6.25. The third-order valence-electron chi connectivity index (χ3n) is 4.54. The predicted octanol–water partition coefficient (Wildman–Crippen LogP) is 2.99. The summed E-state index contributed by atoms with van der Waals surface area (Å²) in [4.78, 5) is 14.8. The molecule has 3 rings (SSSR count). The fourth-order valence-electron chi connectivity index (χ4n) is 3.02. The van der Waals surface area contributed by atoms with E-state index >= 15 is 0 Å². The molecule has 1 saturated heterocycles. The van der Waals surface area contributed by atoms with Gasteiger partial charge in [-0.3, -0.25) is 4.79 Å². The van der Waals surface area contributed by atoms with E-state index in [9.17, 15) is 4.79 Å². The van der Waals surface area contributed by atoms with Crippen LogP contribution in [0.4, 0.5) is 0 Å². The van der Waals surface area contributed by atoms with Gasteiger partial charge in [-0.2, -0.15) is 0 Å². The molecule has 0 aromatic heterocycles. The molecule has 3 nitrogen and oxygen atoms in total. The molecule has 2 fully saturated rings. The molecule has 0 spiro atoms. The van der Waals surface area contributed by atoms with E-state index in [2.05, 4.69) is 19.1 Å². The maximum atomic E-state index is 12.8. The van der Waals surface area contributed by atoms with Crippen LogP contribution in [0.2, 0.25) is 0 Å². The first-order valence-corrected chi connectivity index (χ1v) is 7.65. The number of carbonyl (C=O) groups is 1. The Labute approximate surface area is 120 Å². The number of nitrogens with zero attached hydrogens (tertiary/aromatic N) is 1. The van der Waals surface area contributed by atoms with E-state index in [1.165, 1.54) is 5.56 Å². The van der Waals surface area contributed by atoms with Crippen LogP contribution in [0.1, 0.15) is 38.2 Å². The van der Waals surface area contributed by atoms with Gasteiger partial charge in [0, 0.05) is 19.7 Å². The molecular weight excluding hydrogens is 250 g/mol. The Hall–Kier alpha value is -1.35. The molecule has 3 heteroatoms. The lowest BCUT2D eigenvalue weighted by molar-refractivity contribution is -0.139. The van der Waals surface area contributed by atoms with Crippen LogP contribution in [0.3, 0.4) is 0 Å². The normalized spacial score (nSPS) is 30.8. The van der Waals surface area contributed by atoms with Crippen molar-refractivity contribution < 1.29 is 9.53 Å². The first-order valence-electron chi connectivity index (χ1n) is 7.65. The molecule has 2 atom stereocenters. The van der Waals surface area contributed by atoms with Crippen molar-refractivity contribution in [3.8, 4) is 0 Å². The standard InChI is InChI=1S/C17H23NO2/c1-17-12-15(17)20-11-7-3-6-10-18(16(17)19)13-14-8-4-2-5-9-14/h2,4-5,8-9,15H,3,6-7,10-13H2,1H3/t15-,17+/m0/s1. The van der Waals surface area contributed by atoms with Crippen molar-refractivity contribution in [1.29, 1.82) is 0 Å². The van der Waals surface area contributed by atoms with Gasteiger partial charge in [0.2, 0.25) is 5.91 Å². The molecule has 1 saturated carbocycles. The minimum Gasteiger partial charge on any atom is -0.377 e. The highest BCUT2D eigenvalue weighted by Gasteiger charge is 2.58. The summed E-state index contributed by atoms with van der Waals surface area (Å²) in [5.74, 6) is 0.272. The summed E-state index contributed by atoms with van der Waals surface area (Å²) < 4.78 is 5.82. The highest BCUT2D eigenvalue weighted by Crippen LogP contribution is 2.49. The van der Waals surface area contributed by atoms with Gasteiger partial charge >= 0.3 is 0 Å². The summed E-state index contributed by atoms with van der Waals surface area (Å²) >= 11 is 0. The van der Waals surface area contributed by atoms with Gasteiger partial charge in [-0.25, -0.2) is 0 Å². The molecule has 1 aromatic carbocycles. The summed E-state index contributed by atoms with van der Waals surface area (Å²) in [7, 11) is 0. The zero-order chi connectivity index (χ0) is 14.0. The first kappa shape index (κ1) is 13.6. The van der Waals surface area contributed by atoms with E-state index in [-0.39, 0.29) is 17.4 Å². The largest absolute Gasteiger partial charge is 0.377 e. The Bertz CT molecular complexity index is 473.